The van der Waals surface area contributed by atoms with E-state index in [-0.39, 0.29) is 0 Å². The molecule has 0 saturated carbocycles. The van der Waals surface area contributed by atoms with E-state index < -0.39 is 0 Å². The quantitative estimate of drug-likeness (QED) is 0.564. The molecule has 84 valence electrons. The molecule has 0 amide bonds. The van der Waals surface area contributed by atoms with Crippen molar-refractivity contribution in [2.45, 2.75) is 12.8 Å². The first kappa shape index (κ1) is 10.00. The number of quaternary nitrogens is 2. The number of nitrogens with one attached hydrogen (secondary N) is 2. The smallest absolute Gasteiger partial charge is 0.211 e. The summed E-state index contributed by atoms with van der Waals surface area (Å²) in [6.07, 6.45) is 4.20. The van der Waals surface area contributed by atoms with Gasteiger partial charge >= 0.3 is 0 Å². The summed E-state index contributed by atoms with van der Waals surface area (Å²) in [7, 11) is 8.33. The highest BCUT2D eigenvalue weighted by Crippen LogP contribution is 2.30. The Labute approximate surface area is 96.4 Å². The number of allylic oxidation sites excluding steroid dienone is 1. The van der Waals surface area contributed by atoms with Crippen molar-refractivity contribution in [3.05, 3.63) is 43.7 Å². The van der Waals surface area contributed by atoms with E-state index in [2.05, 4.69) is 25.1 Å². The lowest BCUT2D eigenvalue weighted by atomic mass is 10.0. The molecule has 2 atom stereocenters. The zero-order valence-corrected chi connectivity index (χ0v) is 9.42. The molecular formula is C13H17N3. The molecule has 0 aliphatic carbocycles. The summed E-state index contributed by atoms with van der Waals surface area (Å²) in [6.45, 7) is 2.14. The fourth-order valence-corrected chi connectivity index (χ4v) is 2.73. The Morgan fingerprint density at radius 2 is 2.19 bits per heavy atom. The molecule has 2 aliphatic heterocycles. The summed E-state index contributed by atoms with van der Waals surface area (Å²) in [5, 5.41) is 0. The monoisotopic (exact) mass is 215 g/mol. The Morgan fingerprint density at radius 3 is 3.06 bits per heavy atom. The average Bonchev–Trinajstić information content (AvgIpc) is 2.47. The lowest BCUT2D eigenvalue weighted by Gasteiger charge is -2.23. The Balaban J connectivity index is 2.09. The molecule has 3 heterocycles. The van der Waals surface area contributed by atoms with Crippen LogP contribution in [-0.4, -0.2) is 18.1 Å². The van der Waals surface area contributed by atoms with E-state index in [0.29, 0.717) is 0 Å². The van der Waals surface area contributed by atoms with Gasteiger partial charge in [0.2, 0.25) is 5.82 Å². The van der Waals surface area contributed by atoms with Crippen molar-refractivity contribution in [2.24, 2.45) is 0 Å². The van der Waals surface area contributed by atoms with Crippen LogP contribution in [0.5, 0.6) is 0 Å². The zero-order chi connectivity index (χ0) is 11.1. The molecule has 3 heteroatoms. The highest BCUT2D eigenvalue weighted by molar-refractivity contribution is 5.76. The van der Waals surface area contributed by atoms with Gasteiger partial charge in [-0.2, -0.15) is 7.05 Å². The molecule has 2 N–H and O–H groups in total. The SMILES string of the molecule is [CH2-][NH+]1CCCC2=C(C1)[NH+]([CH2-])c1ncccc12. The topological polar surface area (TPSA) is 21.8 Å². The third-order valence-electron chi connectivity index (χ3n) is 3.53. The predicted molar refractivity (Wildman–Crippen MR) is 62.4 cm³/mol. The Morgan fingerprint density at radius 1 is 1.31 bits per heavy atom. The largest absolute Gasteiger partial charge is 0.460 e. The number of pyridine rings is 1. The van der Waals surface area contributed by atoms with Crippen LogP contribution in [0, 0.1) is 14.1 Å². The normalized spacial score (nSPS) is 28.6. The molecule has 1 aromatic rings. The molecule has 2 unspecified atom stereocenters. The van der Waals surface area contributed by atoms with Gasteiger partial charge in [-0.25, -0.2) is 4.98 Å². The van der Waals surface area contributed by atoms with Crippen molar-refractivity contribution in [3.8, 4) is 0 Å². The van der Waals surface area contributed by atoms with E-state index in [1.165, 1.54) is 28.2 Å². The molecule has 3 rings (SSSR count). The van der Waals surface area contributed by atoms with Gasteiger partial charge in [-0.1, -0.05) is 0 Å². The highest BCUT2D eigenvalue weighted by atomic mass is 15.2. The molecule has 0 fully saturated rings. The van der Waals surface area contributed by atoms with Crippen molar-refractivity contribution >= 4 is 11.4 Å². The van der Waals surface area contributed by atoms with E-state index in [4.69, 9.17) is 0 Å². The third-order valence-corrected chi connectivity index (χ3v) is 3.53. The van der Waals surface area contributed by atoms with Gasteiger partial charge in [-0.3, -0.25) is 0 Å². The Hall–Kier alpha value is -1.19. The average molecular weight is 215 g/mol. The van der Waals surface area contributed by atoms with E-state index in [1.807, 2.05) is 12.3 Å². The summed E-state index contributed by atoms with van der Waals surface area (Å²) in [5.74, 6) is 1.09. The molecule has 0 radical (unpaired) electrons. The lowest BCUT2D eigenvalue weighted by Crippen LogP contribution is -3.12. The number of hydrogen-bond acceptors (Lipinski definition) is 1. The second-order valence-electron chi connectivity index (χ2n) is 4.62. The molecule has 1 aromatic heterocycles. The van der Waals surface area contributed by atoms with Crippen molar-refractivity contribution in [1.29, 1.82) is 0 Å². The van der Waals surface area contributed by atoms with Crippen LogP contribution in [-0.2, 0) is 0 Å². The van der Waals surface area contributed by atoms with Gasteiger partial charge in [0, 0.05) is 11.8 Å². The standard InChI is InChI=1S/C13H17N3/c1-15-8-4-6-10-11-5-3-7-14-13(11)16(2)12(10)9-15/h3,5,7,15-16H,1-2,4,6,8-9H2. The van der Waals surface area contributed by atoms with Gasteiger partial charge in [-0.05, 0) is 25.0 Å². The van der Waals surface area contributed by atoms with Crippen molar-refractivity contribution in [1.82, 2.24) is 4.98 Å². The maximum atomic E-state index is 4.45. The molecule has 0 spiro atoms. The van der Waals surface area contributed by atoms with Crippen molar-refractivity contribution < 1.29 is 9.80 Å². The molecule has 0 saturated heterocycles. The summed E-state index contributed by atoms with van der Waals surface area (Å²) in [6, 6.07) is 4.19. The van der Waals surface area contributed by atoms with E-state index in [9.17, 15) is 0 Å². The fourth-order valence-electron chi connectivity index (χ4n) is 2.73. The maximum Gasteiger partial charge on any atom is 0.211 e. The molecule has 0 aromatic carbocycles. The van der Waals surface area contributed by atoms with Gasteiger partial charge < -0.3 is 9.80 Å². The van der Waals surface area contributed by atoms with Crippen LogP contribution in [0.25, 0.3) is 5.57 Å². The van der Waals surface area contributed by atoms with Crippen LogP contribution in [0.15, 0.2) is 24.0 Å². The van der Waals surface area contributed by atoms with E-state index >= 15 is 0 Å². The summed E-state index contributed by atoms with van der Waals surface area (Å²) in [4.78, 5) is 6.90. The van der Waals surface area contributed by atoms with Gasteiger partial charge in [0.15, 0.2) is 0 Å². The maximum absolute atomic E-state index is 4.45. The molecular weight excluding hydrogens is 198 g/mol. The van der Waals surface area contributed by atoms with Crippen LogP contribution in [0.3, 0.4) is 0 Å². The third kappa shape index (κ3) is 1.39. The minimum atomic E-state index is 0.991. The van der Waals surface area contributed by atoms with Gasteiger partial charge in [0.05, 0.1) is 12.1 Å². The van der Waals surface area contributed by atoms with Gasteiger partial charge in [-0.15, -0.1) is 7.05 Å². The zero-order valence-electron chi connectivity index (χ0n) is 9.42. The van der Waals surface area contributed by atoms with Crippen LogP contribution >= 0.6 is 0 Å². The molecule has 2 aliphatic rings. The minimum Gasteiger partial charge on any atom is -0.460 e. The molecule has 0 bridgehead atoms. The van der Waals surface area contributed by atoms with Gasteiger partial charge in [0.1, 0.15) is 12.2 Å². The Kier molecular flexibility index (Phi) is 2.30. The van der Waals surface area contributed by atoms with Crippen LogP contribution < -0.4 is 9.80 Å². The molecule has 3 nitrogen and oxygen atoms in total. The Bertz CT molecular complexity index is 450. The second kappa shape index (κ2) is 3.68. The van der Waals surface area contributed by atoms with Crippen LogP contribution in [0.1, 0.15) is 18.4 Å². The first-order chi connectivity index (χ1) is 7.77. The highest BCUT2D eigenvalue weighted by Gasteiger charge is 2.32. The number of fused-ring (bicyclic) bond motifs is 2. The summed E-state index contributed by atoms with van der Waals surface area (Å²) < 4.78 is 0. The van der Waals surface area contributed by atoms with Crippen molar-refractivity contribution in [2.75, 3.05) is 13.1 Å². The number of aromatic nitrogens is 1. The fraction of sp³-hybridized carbons (Fsp3) is 0.308. The predicted octanol–water partition coefficient (Wildman–Crippen LogP) is -0.415. The summed E-state index contributed by atoms with van der Waals surface area (Å²) >= 11 is 0. The summed E-state index contributed by atoms with van der Waals surface area (Å²) in [5.41, 5.74) is 4.15. The van der Waals surface area contributed by atoms with E-state index in [1.54, 1.807) is 0 Å². The second-order valence-corrected chi connectivity index (χ2v) is 4.62. The minimum absolute atomic E-state index is 0.991. The van der Waals surface area contributed by atoms with Crippen molar-refractivity contribution in [3.63, 3.8) is 0 Å². The number of nitrogens with zero attached hydrogens (tertiary/aromatic N) is 1. The van der Waals surface area contributed by atoms with Crippen LogP contribution in [0.4, 0.5) is 5.82 Å². The molecule has 16 heavy (non-hydrogen) atoms. The first-order valence-corrected chi connectivity index (χ1v) is 5.81. The van der Waals surface area contributed by atoms with Gasteiger partial charge in [0.25, 0.3) is 0 Å². The number of hydrogen-bond donors (Lipinski definition) is 2. The first-order valence-electron chi connectivity index (χ1n) is 5.81. The van der Waals surface area contributed by atoms with E-state index in [0.717, 1.165) is 30.2 Å². The lowest BCUT2D eigenvalue weighted by molar-refractivity contribution is -0.869. The number of rotatable bonds is 0. The van der Waals surface area contributed by atoms with Crippen LogP contribution in [0.2, 0.25) is 0 Å².